The number of halogens is 6. The third kappa shape index (κ3) is 5.92. The summed E-state index contributed by atoms with van der Waals surface area (Å²) in [5.74, 6) is 2.65. The van der Waals surface area contributed by atoms with Crippen LogP contribution in [-0.2, 0) is 0 Å². The summed E-state index contributed by atoms with van der Waals surface area (Å²) < 4.78 is 69.6. The number of fused-ring (bicyclic) bond motifs is 2. The molecule has 246 valence electrons. The average Bonchev–Trinajstić information content (AvgIpc) is 3.69. The number of hydrazine groups is 2. The van der Waals surface area contributed by atoms with Crippen LogP contribution in [0.2, 0.25) is 5.02 Å². The molecule has 1 aliphatic carbocycles. The molecular formula is C33H31ClF5N7O. The summed E-state index contributed by atoms with van der Waals surface area (Å²) in [7, 11) is 0. The van der Waals surface area contributed by atoms with Crippen molar-refractivity contribution in [2.24, 2.45) is 5.41 Å². The summed E-state index contributed by atoms with van der Waals surface area (Å²) in [4.78, 5) is 17.5. The van der Waals surface area contributed by atoms with Gasteiger partial charge in [0, 0.05) is 41.6 Å². The summed E-state index contributed by atoms with van der Waals surface area (Å²) in [6.07, 6.45) is 5.00. The number of nitrogens with zero attached hydrogens (tertiary/aromatic N) is 3. The molecule has 1 atom stereocenters. The van der Waals surface area contributed by atoms with Crippen LogP contribution >= 0.6 is 11.6 Å². The lowest BCUT2D eigenvalue weighted by atomic mass is 9.96. The summed E-state index contributed by atoms with van der Waals surface area (Å²) in [5.41, 5.74) is 5.22. The fraction of sp³-hybridized carbons (Fsp3) is 0.333. The molecule has 0 unspecified atom stereocenters. The second-order valence-corrected chi connectivity index (χ2v) is 13.3. The van der Waals surface area contributed by atoms with Gasteiger partial charge in [-0.05, 0) is 53.5 Å². The van der Waals surface area contributed by atoms with E-state index in [4.69, 9.17) is 18.0 Å². The van der Waals surface area contributed by atoms with Crippen molar-refractivity contribution in [1.29, 1.82) is 0 Å². The second-order valence-electron chi connectivity index (χ2n) is 12.9. The highest BCUT2D eigenvalue weighted by atomic mass is 35.5. The zero-order valence-electron chi connectivity index (χ0n) is 25.6. The molecule has 0 saturated heterocycles. The van der Waals surface area contributed by atoms with Crippen LogP contribution in [0.15, 0.2) is 65.5 Å². The Morgan fingerprint density at radius 3 is 2.51 bits per heavy atom. The molecule has 2 aliphatic rings. The molecule has 4 aromatic rings. The minimum Gasteiger partial charge on any atom is -0.383 e. The molecule has 47 heavy (non-hydrogen) atoms. The number of hydrogen-bond donors (Lipinski definition) is 4. The van der Waals surface area contributed by atoms with E-state index in [1.807, 2.05) is 0 Å². The molecule has 1 aliphatic heterocycles. The molecule has 3 heterocycles. The molecule has 0 amide bonds. The topological polar surface area (TPSA) is 86.2 Å². The van der Waals surface area contributed by atoms with E-state index >= 15 is 0 Å². The van der Waals surface area contributed by atoms with E-state index < -0.39 is 29.9 Å². The van der Waals surface area contributed by atoms with Crippen LogP contribution < -0.4 is 27.2 Å². The van der Waals surface area contributed by atoms with Gasteiger partial charge in [-0.3, -0.25) is 19.4 Å². The standard InChI is InChI=1S/C33H31ClF5N7O/c1-5-18-15-40-27-23(26(18)41-17-31(2,3)4)13-19(14-24(27)34)42-28(25-16-46(44-43-25)32(10-11-32)33(37,38)39)21-7-6-8-22-20(21)9-12-45(29(22)47)30(35)36/h1,6-9,12-16,28,30,42-44H,10-11,17H2,2-4H3,(H,40,41)/t28-/m0/s1. The lowest BCUT2D eigenvalue weighted by Gasteiger charge is -2.28. The molecular weight excluding hydrogens is 641 g/mol. The minimum absolute atomic E-state index is 0.0162. The van der Waals surface area contributed by atoms with Crippen LogP contribution in [0.5, 0.6) is 0 Å². The number of alkyl halides is 5. The van der Waals surface area contributed by atoms with Crippen molar-refractivity contribution in [2.45, 2.75) is 57.9 Å². The van der Waals surface area contributed by atoms with E-state index in [0.29, 0.717) is 49.9 Å². The van der Waals surface area contributed by atoms with Crippen molar-refractivity contribution < 1.29 is 22.0 Å². The number of nitrogens with one attached hydrogen (secondary N) is 4. The SMILES string of the molecule is C#Cc1cnc2c(Cl)cc(N[C@H](C3=CN(C4(C(F)(F)F)CC4)NN3)c3cccc4c(=O)n(C(F)F)ccc34)cc2c1NCC(C)(C)C. The lowest BCUT2D eigenvalue weighted by Crippen LogP contribution is -2.52. The number of terminal acetylenes is 1. The molecule has 6 rings (SSSR count). The van der Waals surface area contributed by atoms with Crippen LogP contribution in [-0.4, -0.2) is 32.8 Å². The van der Waals surface area contributed by atoms with Gasteiger partial charge in [0.2, 0.25) is 0 Å². The zero-order valence-corrected chi connectivity index (χ0v) is 26.3. The fourth-order valence-corrected chi connectivity index (χ4v) is 5.96. The molecule has 4 N–H and O–H groups in total. The molecule has 0 radical (unpaired) electrons. The number of rotatable bonds is 8. The third-order valence-corrected chi connectivity index (χ3v) is 8.62. The van der Waals surface area contributed by atoms with E-state index in [9.17, 15) is 26.7 Å². The first-order valence-electron chi connectivity index (χ1n) is 14.7. The Morgan fingerprint density at radius 2 is 1.87 bits per heavy atom. The monoisotopic (exact) mass is 671 g/mol. The van der Waals surface area contributed by atoms with E-state index in [0.717, 1.165) is 11.2 Å². The van der Waals surface area contributed by atoms with Crippen LogP contribution in [0, 0.1) is 17.8 Å². The molecule has 14 heteroatoms. The number of anilines is 2. The van der Waals surface area contributed by atoms with Crippen LogP contribution in [0.4, 0.5) is 33.3 Å². The first kappa shape index (κ1) is 32.4. The Bertz CT molecular complexity index is 2010. The van der Waals surface area contributed by atoms with E-state index in [-0.39, 0.29) is 34.4 Å². The van der Waals surface area contributed by atoms with Gasteiger partial charge in [-0.2, -0.15) is 22.0 Å². The van der Waals surface area contributed by atoms with E-state index in [2.05, 4.69) is 53.3 Å². The summed E-state index contributed by atoms with van der Waals surface area (Å²) >= 11 is 6.74. The van der Waals surface area contributed by atoms with Gasteiger partial charge in [0.05, 0.1) is 33.5 Å². The number of hydrogen-bond acceptors (Lipinski definition) is 7. The highest BCUT2D eigenvalue weighted by Gasteiger charge is 2.67. The maximum absolute atomic E-state index is 14.0. The Kier molecular flexibility index (Phi) is 8.00. The minimum atomic E-state index is -4.50. The van der Waals surface area contributed by atoms with Crippen molar-refractivity contribution in [2.75, 3.05) is 17.2 Å². The first-order valence-corrected chi connectivity index (χ1v) is 15.1. The fourth-order valence-electron chi connectivity index (χ4n) is 5.69. The van der Waals surface area contributed by atoms with Crippen LogP contribution in [0.3, 0.4) is 0 Å². The van der Waals surface area contributed by atoms with Crippen LogP contribution in [0.25, 0.3) is 21.7 Å². The van der Waals surface area contributed by atoms with Crippen LogP contribution in [0.1, 0.15) is 57.3 Å². The first-order chi connectivity index (χ1) is 22.1. The number of aromatic nitrogens is 2. The van der Waals surface area contributed by atoms with Gasteiger partial charge in [-0.25, -0.2) is 0 Å². The Labute approximate surface area is 271 Å². The normalized spacial score (nSPS) is 16.6. The predicted molar refractivity (Wildman–Crippen MR) is 173 cm³/mol. The third-order valence-electron chi connectivity index (χ3n) is 8.33. The lowest BCUT2D eigenvalue weighted by molar-refractivity contribution is -0.195. The average molecular weight is 672 g/mol. The van der Waals surface area contributed by atoms with Crippen molar-refractivity contribution in [3.8, 4) is 12.3 Å². The van der Waals surface area contributed by atoms with E-state index in [1.165, 1.54) is 24.4 Å². The highest BCUT2D eigenvalue weighted by Crippen LogP contribution is 2.54. The smallest absolute Gasteiger partial charge is 0.383 e. The Hall–Kier alpha value is -4.54. The maximum Gasteiger partial charge on any atom is 0.413 e. The quantitative estimate of drug-likeness (QED) is 0.114. The van der Waals surface area contributed by atoms with Gasteiger partial charge in [0.25, 0.3) is 5.56 Å². The molecule has 0 spiro atoms. The van der Waals surface area contributed by atoms with Gasteiger partial charge in [0.1, 0.15) is 0 Å². The molecule has 8 nitrogen and oxygen atoms in total. The van der Waals surface area contributed by atoms with Crippen molar-refractivity contribution in [3.05, 3.63) is 87.2 Å². The maximum atomic E-state index is 14.0. The van der Waals surface area contributed by atoms with Crippen molar-refractivity contribution >= 4 is 44.7 Å². The molecule has 1 saturated carbocycles. The molecule has 0 bridgehead atoms. The van der Waals surface area contributed by atoms with Gasteiger partial charge in [-0.1, -0.05) is 50.4 Å². The summed E-state index contributed by atoms with van der Waals surface area (Å²) in [5, 5.41) is 9.02. The van der Waals surface area contributed by atoms with Crippen molar-refractivity contribution in [3.63, 3.8) is 0 Å². The highest BCUT2D eigenvalue weighted by molar-refractivity contribution is 6.35. The Morgan fingerprint density at radius 1 is 1.13 bits per heavy atom. The predicted octanol–water partition coefficient (Wildman–Crippen LogP) is 7.45. The van der Waals surface area contributed by atoms with Gasteiger partial charge in [0.15, 0.2) is 5.54 Å². The molecule has 2 aromatic heterocycles. The van der Waals surface area contributed by atoms with Crippen molar-refractivity contribution in [1.82, 2.24) is 25.5 Å². The summed E-state index contributed by atoms with van der Waals surface area (Å²) in [6.45, 7) is 3.71. The zero-order chi connectivity index (χ0) is 33.9. The second kappa shape index (κ2) is 11.6. The Balaban J connectivity index is 1.50. The molecule has 1 fully saturated rings. The van der Waals surface area contributed by atoms with Gasteiger partial charge >= 0.3 is 12.7 Å². The summed E-state index contributed by atoms with van der Waals surface area (Å²) in [6, 6.07) is 8.51. The largest absolute Gasteiger partial charge is 0.413 e. The van der Waals surface area contributed by atoms with Gasteiger partial charge < -0.3 is 16.1 Å². The number of benzene rings is 2. The van der Waals surface area contributed by atoms with Gasteiger partial charge in [-0.15, -0.1) is 12.0 Å². The number of pyridine rings is 2. The molecule has 2 aromatic carbocycles. The van der Waals surface area contributed by atoms with E-state index in [1.54, 1.807) is 24.4 Å².